The lowest BCUT2D eigenvalue weighted by Crippen LogP contribution is -2.42. The van der Waals surface area contributed by atoms with Gasteiger partial charge in [0.15, 0.2) is 0 Å². The first-order chi connectivity index (χ1) is 14.6. The van der Waals surface area contributed by atoms with Crippen LogP contribution in [-0.4, -0.2) is 65.5 Å². The standard InChI is InChI=1S/C24H29N3O3/c28-22(17-26-15-11-18-4-1-2-5-21(18)16-26)10-12-25-23(29)19-6-8-20(9-7-19)24(30)27-13-3-14-27/h1-2,4-9,22,28H,3,10-17H2,(H,25,29). The van der Waals surface area contributed by atoms with Gasteiger partial charge in [0.1, 0.15) is 0 Å². The lowest BCUT2D eigenvalue weighted by molar-refractivity contribution is 0.0651. The molecule has 0 bridgehead atoms. The summed E-state index contributed by atoms with van der Waals surface area (Å²) in [5.74, 6) is -0.159. The van der Waals surface area contributed by atoms with Crippen LogP contribution in [0.4, 0.5) is 0 Å². The summed E-state index contributed by atoms with van der Waals surface area (Å²) < 4.78 is 0. The van der Waals surface area contributed by atoms with Crippen molar-refractivity contribution in [2.45, 2.75) is 31.9 Å². The van der Waals surface area contributed by atoms with E-state index < -0.39 is 6.10 Å². The second-order valence-corrected chi connectivity index (χ2v) is 8.18. The summed E-state index contributed by atoms with van der Waals surface area (Å²) >= 11 is 0. The van der Waals surface area contributed by atoms with Gasteiger partial charge < -0.3 is 15.3 Å². The van der Waals surface area contributed by atoms with E-state index in [0.717, 1.165) is 39.0 Å². The lowest BCUT2D eigenvalue weighted by atomic mass is 9.99. The molecule has 0 aliphatic carbocycles. The van der Waals surface area contributed by atoms with Gasteiger partial charge in [-0.3, -0.25) is 14.5 Å². The summed E-state index contributed by atoms with van der Waals surface area (Å²) in [7, 11) is 0. The third-order valence-corrected chi connectivity index (χ3v) is 5.98. The first-order valence-electron chi connectivity index (χ1n) is 10.7. The number of β-amino-alcohol motifs (C(OH)–C–C–N with tert-alkyl or cyclic N) is 1. The quantitative estimate of drug-likeness (QED) is 0.737. The SMILES string of the molecule is O=C(NCCC(O)CN1CCc2ccccc2C1)c1ccc(C(=O)N2CCC2)cc1. The summed E-state index contributed by atoms with van der Waals surface area (Å²) in [4.78, 5) is 28.6. The minimum Gasteiger partial charge on any atom is -0.392 e. The van der Waals surface area contributed by atoms with Crippen LogP contribution in [0.3, 0.4) is 0 Å². The van der Waals surface area contributed by atoms with Gasteiger partial charge in [-0.2, -0.15) is 0 Å². The Morgan fingerprint density at radius 3 is 2.37 bits per heavy atom. The Morgan fingerprint density at radius 2 is 1.67 bits per heavy atom. The topological polar surface area (TPSA) is 72.9 Å². The molecule has 6 nitrogen and oxygen atoms in total. The molecule has 4 rings (SSSR count). The molecule has 2 aromatic rings. The van der Waals surface area contributed by atoms with Crippen molar-refractivity contribution < 1.29 is 14.7 Å². The highest BCUT2D eigenvalue weighted by atomic mass is 16.3. The predicted molar refractivity (Wildman–Crippen MR) is 115 cm³/mol. The molecule has 30 heavy (non-hydrogen) atoms. The van der Waals surface area contributed by atoms with Crippen LogP contribution >= 0.6 is 0 Å². The van der Waals surface area contributed by atoms with Crippen LogP contribution < -0.4 is 5.32 Å². The normalized spacial score (nSPS) is 17.0. The Kier molecular flexibility index (Phi) is 6.45. The van der Waals surface area contributed by atoms with Crippen molar-refractivity contribution in [2.24, 2.45) is 0 Å². The van der Waals surface area contributed by atoms with Crippen LogP contribution in [0.5, 0.6) is 0 Å². The number of rotatable bonds is 7. The molecule has 0 saturated carbocycles. The molecule has 1 fully saturated rings. The van der Waals surface area contributed by atoms with Gasteiger partial charge in [-0.15, -0.1) is 0 Å². The van der Waals surface area contributed by atoms with Gasteiger partial charge in [-0.25, -0.2) is 0 Å². The maximum Gasteiger partial charge on any atom is 0.253 e. The first-order valence-corrected chi connectivity index (χ1v) is 10.7. The van der Waals surface area contributed by atoms with E-state index in [1.165, 1.54) is 11.1 Å². The summed E-state index contributed by atoms with van der Waals surface area (Å²) in [6.45, 7) is 4.46. The average molecular weight is 408 g/mol. The maximum atomic E-state index is 12.3. The van der Waals surface area contributed by atoms with Crippen LogP contribution in [0, 0.1) is 0 Å². The van der Waals surface area contributed by atoms with Crippen molar-refractivity contribution in [3.8, 4) is 0 Å². The molecule has 2 N–H and O–H groups in total. The molecule has 0 radical (unpaired) electrons. The van der Waals surface area contributed by atoms with Gasteiger partial charge in [-0.1, -0.05) is 24.3 Å². The zero-order valence-electron chi connectivity index (χ0n) is 17.2. The van der Waals surface area contributed by atoms with Crippen molar-refractivity contribution in [1.82, 2.24) is 15.1 Å². The van der Waals surface area contributed by atoms with Crippen molar-refractivity contribution in [3.05, 3.63) is 70.8 Å². The Labute approximate surface area is 177 Å². The van der Waals surface area contributed by atoms with E-state index in [0.29, 0.717) is 30.6 Å². The molecule has 2 aromatic carbocycles. The van der Waals surface area contributed by atoms with Gasteiger partial charge in [0.2, 0.25) is 0 Å². The molecule has 2 heterocycles. The molecule has 1 unspecified atom stereocenters. The molecule has 2 aliphatic heterocycles. The number of nitrogens with one attached hydrogen (secondary N) is 1. The number of carbonyl (C=O) groups is 2. The van der Waals surface area contributed by atoms with Gasteiger partial charge in [0, 0.05) is 50.4 Å². The van der Waals surface area contributed by atoms with Gasteiger partial charge >= 0.3 is 0 Å². The Bertz CT molecular complexity index is 893. The number of amides is 2. The molecular formula is C24H29N3O3. The molecule has 0 aromatic heterocycles. The highest BCUT2D eigenvalue weighted by Crippen LogP contribution is 2.19. The molecule has 1 atom stereocenters. The fraction of sp³-hybridized carbons (Fsp3) is 0.417. The van der Waals surface area contributed by atoms with Crippen LogP contribution in [0.1, 0.15) is 44.7 Å². The molecular weight excluding hydrogens is 378 g/mol. The Morgan fingerprint density at radius 1 is 0.967 bits per heavy atom. The van der Waals surface area contributed by atoms with Crippen molar-refractivity contribution in [3.63, 3.8) is 0 Å². The second kappa shape index (κ2) is 9.41. The smallest absolute Gasteiger partial charge is 0.253 e. The van der Waals surface area contributed by atoms with Crippen molar-refractivity contribution in [2.75, 3.05) is 32.7 Å². The van der Waals surface area contributed by atoms with E-state index in [1.54, 1.807) is 29.2 Å². The highest BCUT2D eigenvalue weighted by molar-refractivity contribution is 5.98. The molecule has 6 heteroatoms. The summed E-state index contributed by atoms with van der Waals surface area (Å²) in [6.07, 6.45) is 2.10. The number of aliphatic hydroxyl groups is 1. The van der Waals surface area contributed by atoms with Gasteiger partial charge in [0.25, 0.3) is 11.8 Å². The highest BCUT2D eigenvalue weighted by Gasteiger charge is 2.22. The van der Waals surface area contributed by atoms with Crippen molar-refractivity contribution in [1.29, 1.82) is 0 Å². The maximum absolute atomic E-state index is 12.3. The van der Waals surface area contributed by atoms with E-state index in [-0.39, 0.29) is 11.8 Å². The number of fused-ring (bicyclic) bond motifs is 1. The minimum absolute atomic E-state index is 0.0247. The molecule has 2 amide bonds. The van der Waals surface area contributed by atoms with Gasteiger partial charge in [-0.05, 0) is 54.7 Å². The Balaban J connectivity index is 1.19. The third kappa shape index (κ3) is 4.89. The lowest BCUT2D eigenvalue weighted by Gasteiger charge is -2.30. The molecule has 158 valence electrons. The van der Waals surface area contributed by atoms with E-state index >= 15 is 0 Å². The average Bonchev–Trinajstić information content (AvgIpc) is 2.72. The van der Waals surface area contributed by atoms with E-state index in [2.05, 4.69) is 34.5 Å². The molecule has 1 saturated heterocycles. The van der Waals surface area contributed by atoms with Crippen LogP contribution in [-0.2, 0) is 13.0 Å². The fourth-order valence-corrected chi connectivity index (χ4v) is 4.02. The van der Waals surface area contributed by atoms with Crippen LogP contribution in [0.15, 0.2) is 48.5 Å². The zero-order valence-corrected chi connectivity index (χ0v) is 17.2. The number of nitrogens with zero attached hydrogens (tertiary/aromatic N) is 2. The third-order valence-electron chi connectivity index (χ3n) is 5.98. The molecule has 0 spiro atoms. The van der Waals surface area contributed by atoms with Crippen molar-refractivity contribution >= 4 is 11.8 Å². The zero-order chi connectivity index (χ0) is 20.9. The van der Waals surface area contributed by atoms with Crippen LogP contribution in [0.2, 0.25) is 0 Å². The summed E-state index contributed by atoms with van der Waals surface area (Å²) in [5, 5.41) is 13.2. The largest absolute Gasteiger partial charge is 0.392 e. The number of aliphatic hydroxyl groups excluding tert-OH is 1. The Hall–Kier alpha value is -2.70. The van der Waals surface area contributed by atoms with E-state index in [9.17, 15) is 14.7 Å². The molecule has 2 aliphatic rings. The fourth-order valence-electron chi connectivity index (χ4n) is 4.02. The van der Waals surface area contributed by atoms with E-state index in [4.69, 9.17) is 0 Å². The van der Waals surface area contributed by atoms with E-state index in [1.807, 2.05) is 0 Å². The van der Waals surface area contributed by atoms with Crippen LogP contribution in [0.25, 0.3) is 0 Å². The second-order valence-electron chi connectivity index (χ2n) is 8.18. The number of likely N-dealkylation sites (tertiary alicyclic amines) is 1. The number of carbonyl (C=O) groups excluding carboxylic acids is 2. The number of benzene rings is 2. The number of hydrogen-bond donors (Lipinski definition) is 2. The predicted octanol–water partition coefficient (Wildman–Crippen LogP) is 2.07. The monoisotopic (exact) mass is 407 g/mol. The summed E-state index contributed by atoms with van der Waals surface area (Å²) in [5.41, 5.74) is 3.87. The van der Waals surface area contributed by atoms with Gasteiger partial charge in [0.05, 0.1) is 6.10 Å². The first kappa shape index (κ1) is 20.6. The minimum atomic E-state index is -0.480. The summed E-state index contributed by atoms with van der Waals surface area (Å²) in [6, 6.07) is 15.2. The number of hydrogen-bond acceptors (Lipinski definition) is 4.